The van der Waals surface area contributed by atoms with Crippen LogP contribution in [-0.2, 0) is 9.53 Å². The molecule has 0 spiro atoms. The monoisotopic (exact) mass is 255 g/mol. The van der Waals surface area contributed by atoms with Crippen LogP contribution in [0, 0.1) is 5.92 Å². The summed E-state index contributed by atoms with van der Waals surface area (Å²) in [5.74, 6) is 0.801. The minimum atomic E-state index is -0.204. The van der Waals surface area contributed by atoms with E-state index in [9.17, 15) is 4.79 Å². The lowest BCUT2D eigenvalue weighted by Crippen LogP contribution is -2.52. The Kier molecular flexibility index (Phi) is 4.97. The number of hydrogen-bond donors (Lipinski definition) is 1. The summed E-state index contributed by atoms with van der Waals surface area (Å²) in [6, 6.07) is -0.204. The fourth-order valence-electron chi connectivity index (χ4n) is 2.50. The Labute approximate surface area is 109 Å². The van der Waals surface area contributed by atoms with Crippen LogP contribution < -0.4 is 5.32 Å². The number of carbonyl (C=O) groups is 1. The summed E-state index contributed by atoms with van der Waals surface area (Å²) in [7, 11) is 3.26. The highest BCUT2D eigenvalue weighted by atomic mass is 16.5. The molecule has 1 saturated carbocycles. The molecule has 1 aliphatic heterocycles. The van der Waals surface area contributed by atoms with E-state index in [-0.39, 0.29) is 12.0 Å². The third-order valence-corrected chi connectivity index (χ3v) is 3.95. The Hall–Kier alpha value is -0.650. The second-order valence-corrected chi connectivity index (χ2v) is 5.41. The molecule has 0 amide bonds. The van der Waals surface area contributed by atoms with Crippen LogP contribution >= 0.6 is 0 Å². The molecule has 5 nitrogen and oxygen atoms in total. The van der Waals surface area contributed by atoms with E-state index in [4.69, 9.17) is 4.74 Å². The molecule has 2 rings (SSSR count). The van der Waals surface area contributed by atoms with Crippen molar-refractivity contribution in [3.05, 3.63) is 0 Å². The summed E-state index contributed by atoms with van der Waals surface area (Å²) >= 11 is 0. The molecule has 1 saturated heterocycles. The van der Waals surface area contributed by atoms with Crippen molar-refractivity contribution < 1.29 is 9.53 Å². The number of hydrogen-bond acceptors (Lipinski definition) is 5. The van der Waals surface area contributed by atoms with E-state index in [0.717, 1.165) is 38.6 Å². The highest BCUT2D eigenvalue weighted by molar-refractivity contribution is 5.75. The Morgan fingerprint density at radius 2 is 1.89 bits per heavy atom. The first kappa shape index (κ1) is 13.8. The van der Waals surface area contributed by atoms with Crippen molar-refractivity contribution >= 4 is 5.97 Å². The van der Waals surface area contributed by atoms with Gasteiger partial charge in [-0.05, 0) is 25.8 Å². The quantitative estimate of drug-likeness (QED) is 0.665. The van der Waals surface area contributed by atoms with Gasteiger partial charge in [-0.3, -0.25) is 9.69 Å². The molecule has 1 N–H and O–H groups in total. The Morgan fingerprint density at radius 3 is 2.39 bits per heavy atom. The summed E-state index contributed by atoms with van der Waals surface area (Å²) in [5.41, 5.74) is 0. The summed E-state index contributed by atoms with van der Waals surface area (Å²) in [4.78, 5) is 16.4. The average Bonchev–Trinajstić information content (AvgIpc) is 3.21. The molecule has 5 heteroatoms. The Morgan fingerprint density at radius 1 is 1.28 bits per heavy atom. The molecule has 0 aromatic rings. The minimum Gasteiger partial charge on any atom is -0.468 e. The molecule has 2 fully saturated rings. The van der Waals surface area contributed by atoms with Crippen LogP contribution in [0.15, 0.2) is 0 Å². The lowest BCUT2D eigenvalue weighted by atomic mass is 10.2. The van der Waals surface area contributed by atoms with Crippen molar-refractivity contribution in [2.24, 2.45) is 5.92 Å². The number of likely N-dealkylation sites (N-methyl/N-ethyl adjacent to an activating group) is 1. The van der Waals surface area contributed by atoms with E-state index < -0.39 is 0 Å². The summed E-state index contributed by atoms with van der Waals surface area (Å²) in [6.45, 7) is 6.41. The van der Waals surface area contributed by atoms with E-state index in [1.165, 1.54) is 26.5 Å². The normalized spacial score (nSPS) is 23.9. The molecule has 18 heavy (non-hydrogen) atoms. The van der Waals surface area contributed by atoms with Gasteiger partial charge in [-0.1, -0.05) is 0 Å². The first-order valence-corrected chi connectivity index (χ1v) is 6.92. The molecule has 0 aromatic heterocycles. The van der Waals surface area contributed by atoms with E-state index in [1.54, 1.807) is 0 Å². The van der Waals surface area contributed by atoms with Gasteiger partial charge in [0.2, 0.25) is 0 Å². The number of carbonyl (C=O) groups excluding carboxylic acids is 1. The second kappa shape index (κ2) is 6.50. The number of piperazine rings is 1. The van der Waals surface area contributed by atoms with Gasteiger partial charge in [0.1, 0.15) is 6.04 Å². The van der Waals surface area contributed by atoms with Crippen LogP contribution in [0.3, 0.4) is 0 Å². The largest absolute Gasteiger partial charge is 0.468 e. The van der Waals surface area contributed by atoms with Crippen LogP contribution in [0.5, 0.6) is 0 Å². The predicted octanol–water partition coefficient (Wildman–Crippen LogP) is -0.225. The Bertz CT molecular complexity index is 273. The first-order valence-electron chi connectivity index (χ1n) is 6.92. The highest BCUT2D eigenvalue weighted by Crippen LogP contribution is 2.29. The highest BCUT2D eigenvalue weighted by Gasteiger charge is 2.28. The molecule has 0 bridgehead atoms. The fourth-order valence-corrected chi connectivity index (χ4v) is 2.50. The smallest absolute Gasteiger partial charge is 0.324 e. The van der Waals surface area contributed by atoms with E-state index in [0.29, 0.717) is 0 Å². The number of esters is 1. The predicted molar refractivity (Wildman–Crippen MR) is 70.5 cm³/mol. The second-order valence-electron chi connectivity index (χ2n) is 5.41. The summed E-state index contributed by atoms with van der Waals surface area (Å²) in [6.07, 6.45) is 2.84. The van der Waals surface area contributed by atoms with Crippen LogP contribution in [0.1, 0.15) is 12.8 Å². The van der Waals surface area contributed by atoms with E-state index >= 15 is 0 Å². The van der Waals surface area contributed by atoms with Crippen LogP contribution in [-0.4, -0.2) is 75.2 Å². The minimum absolute atomic E-state index is 0.169. The molecule has 104 valence electrons. The van der Waals surface area contributed by atoms with Gasteiger partial charge in [0, 0.05) is 39.3 Å². The third kappa shape index (κ3) is 3.93. The number of methoxy groups -OCH3 is 1. The van der Waals surface area contributed by atoms with Crippen molar-refractivity contribution in [2.75, 3.05) is 53.4 Å². The molecule has 1 aliphatic carbocycles. The molecule has 1 atom stereocenters. The average molecular weight is 255 g/mol. The van der Waals surface area contributed by atoms with Gasteiger partial charge in [0.05, 0.1) is 7.11 Å². The standard InChI is InChI=1S/C13H25N3O2/c1-14-12(13(17)18-2)10-16-7-5-15(6-8-16)9-11-3-4-11/h11-12,14H,3-10H2,1-2H3. The summed E-state index contributed by atoms with van der Waals surface area (Å²) < 4.78 is 4.79. The fraction of sp³-hybridized carbons (Fsp3) is 0.923. The van der Waals surface area contributed by atoms with Crippen LogP contribution in [0.2, 0.25) is 0 Å². The zero-order chi connectivity index (χ0) is 13.0. The van der Waals surface area contributed by atoms with Crippen molar-refractivity contribution in [1.29, 1.82) is 0 Å². The van der Waals surface area contributed by atoms with Gasteiger partial charge in [0.15, 0.2) is 0 Å². The van der Waals surface area contributed by atoms with Gasteiger partial charge in [0.25, 0.3) is 0 Å². The molecule has 0 radical (unpaired) electrons. The maximum Gasteiger partial charge on any atom is 0.324 e. The van der Waals surface area contributed by atoms with E-state index in [1.807, 2.05) is 7.05 Å². The van der Waals surface area contributed by atoms with Gasteiger partial charge in [-0.25, -0.2) is 0 Å². The Balaban J connectivity index is 1.69. The van der Waals surface area contributed by atoms with Crippen molar-refractivity contribution in [1.82, 2.24) is 15.1 Å². The molecule has 0 aromatic carbocycles. The van der Waals surface area contributed by atoms with Crippen molar-refractivity contribution in [3.8, 4) is 0 Å². The zero-order valence-electron chi connectivity index (χ0n) is 11.5. The lowest BCUT2D eigenvalue weighted by molar-refractivity contribution is -0.143. The maximum absolute atomic E-state index is 11.5. The maximum atomic E-state index is 11.5. The van der Waals surface area contributed by atoms with Gasteiger partial charge < -0.3 is 15.0 Å². The van der Waals surface area contributed by atoms with Crippen molar-refractivity contribution in [2.45, 2.75) is 18.9 Å². The number of rotatable bonds is 6. The van der Waals surface area contributed by atoms with Gasteiger partial charge in [-0.15, -0.1) is 0 Å². The van der Waals surface area contributed by atoms with Gasteiger partial charge in [-0.2, -0.15) is 0 Å². The van der Waals surface area contributed by atoms with Crippen LogP contribution in [0.25, 0.3) is 0 Å². The number of nitrogens with zero attached hydrogens (tertiary/aromatic N) is 2. The molecule has 1 heterocycles. The number of nitrogens with one attached hydrogen (secondary N) is 1. The SMILES string of the molecule is CNC(CN1CCN(CC2CC2)CC1)C(=O)OC. The van der Waals surface area contributed by atoms with E-state index in [2.05, 4.69) is 15.1 Å². The van der Waals surface area contributed by atoms with Gasteiger partial charge >= 0.3 is 5.97 Å². The molecular weight excluding hydrogens is 230 g/mol. The number of ether oxygens (including phenoxy) is 1. The van der Waals surface area contributed by atoms with Crippen LogP contribution in [0.4, 0.5) is 0 Å². The summed E-state index contributed by atoms with van der Waals surface area (Å²) in [5, 5.41) is 3.02. The van der Waals surface area contributed by atoms with Crippen molar-refractivity contribution in [3.63, 3.8) is 0 Å². The molecule has 2 aliphatic rings. The zero-order valence-corrected chi connectivity index (χ0v) is 11.5. The third-order valence-electron chi connectivity index (χ3n) is 3.95. The first-order chi connectivity index (χ1) is 8.72. The lowest BCUT2D eigenvalue weighted by Gasteiger charge is -2.35. The topological polar surface area (TPSA) is 44.8 Å². The molecular formula is C13H25N3O2. The molecule has 1 unspecified atom stereocenters.